The first-order valence-electron chi connectivity index (χ1n) is 12.3. The molecule has 0 aliphatic carbocycles. The third-order valence-corrected chi connectivity index (χ3v) is 6.97. The molecular weight excluding hydrogens is 495 g/mol. The van der Waals surface area contributed by atoms with Gasteiger partial charge in [-0.25, -0.2) is 4.39 Å². The Morgan fingerprint density at radius 2 is 1.50 bits per heavy atom. The topological polar surface area (TPSA) is 58.2 Å². The highest BCUT2D eigenvalue weighted by molar-refractivity contribution is 7.98. The lowest BCUT2D eigenvalue weighted by molar-refractivity contribution is -0.113. The predicted octanol–water partition coefficient (Wildman–Crippen LogP) is 7.65. The molecule has 2 amide bonds. The average Bonchev–Trinajstić information content (AvgIpc) is 2.93. The quantitative estimate of drug-likeness (QED) is 0.175. The lowest BCUT2D eigenvalue weighted by Gasteiger charge is -2.12. The molecule has 0 radical (unpaired) electrons. The summed E-state index contributed by atoms with van der Waals surface area (Å²) in [6.45, 7) is 4.24. The van der Waals surface area contributed by atoms with Crippen molar-refractivity contribution in [2.45, 2.75) is 30.4 Å². The Kier molecular flexibility index (Phi) is 9.11. The smallest absolute Gasteiger partial charge is 0.272 e. The summed E-state index contributed by atoms with van der Waals surface area (Å²) < 4.78 is 13.9. The van der Waals surface area contributed by atoms with E-state index in [1.54, 1.807) is 54.6 Å². The van der Waals surface area contributed by atoms with Gasteiger partial charge in [0.1, 0.15) is 11.5 Å². The molecule has 192 valence electrons. The highest BCUT2D eigenvalue weighted by Gasteiger charge is 2.15. The summed E-state index contributed by atoms with van der Waals surface area (Å²) >= 11 is 1.51. The third kappa shape index (κ3) is 7.43. The second-order valence-electron chi connectivity index (χ2n) is 9.06. The van der Waals surface area contributed by atoms with E-state index < -0.39 is 5.91 Å². The maximum atomic E-state index is 13.9. The zero-order valence-electron chi connectivity index (χ0n) is 21.3. The van der Waals surface area contributed by atoms with Crippen molar-refractivity contribution in [1.82, 2.24) is 5.32 Å². The normalized spacial score (nSPS) is 11.3. The minimum atomic E-state index is -0.436. The highest BCUT2D eigenvalue weighted by Crippen LogP contribution is 2.25. The fraction of sp³-hybridized carbons (Fsp3) is 0.125. The first-order valence-corrected chi connectivity index (χ1v) is 13.3. The van der Waals surface area contributed by atoms with Gasteiger partial charge < -0.3 is 10.6 Å². The van der Waals surface area contributed by atoms with Gasteiger partial charge in [-0.3, -0.25) is 9.59 Å². The van der Waals surface area contributed by atoms with Crippen molar-refractivity contribution in [2.75, 3.05) is 5.32 Å². The Morgan fingerprint density at radius 3 is 2.16 bits per heavy atom. The van der Waals surface area contributed by atoms with Crippen LogP contribution in [0.3, 0.4) is 0 Å². The Hall–Kier alpha value is -4.16. The molecular formula is C32H29FN2O2S. The number of rotatable bonds is 9. The fourth-order valence-corrected chi connectivity index (χ4v) is 4.58. The van der Waals surface area contributed by atoms with Gasteiger partial charge in [0.05, 0.1) is 0 Å². The second kappa shape index (κ2) is 12.9. The molecule has 4 aromatic rings. The van der Waals surface area contributed by atoms with E-state index >= 15 is 0 Å². The highest BCUT2D eigenvalue weighted by atomic mass is 32.2. The van der Waals surface area contributed by atoms with Gasteiger partial charge in [-0.2, -0.15) is 0 Å². The van der Waals surface area contributed by atoms with E-state index in [0.717, 1.165) is 10.5 Å². The first-order chi connectivity index (χ1) is 18.4. The molecule has 2 N–H and O–H groups in total. The summed E-state index contributed by atoms with van der Waals surface area (Å²) in [6.07, 6.45) is 1.67. The van der Waals surface area contributed by atoms with Crippen LogP contribution in [0.15, 0.2) is 114 Å². The molecule has 6 heteroatoms. The van der Waals surface area contributed by atoms with Crippen molar-refractivity contribution < 1.29 is 14.0 Å². The van der Waals surface area contributed by atoms with E-state index in [-0.39, 0.29) is 17.4 Å². The number of nitrogens with one attached hydrogen (secondary N) is 2. The number of carbonyl (C=O) groups excluding carboxylic acids is 2. The molecule has 4 nitrogen and oxygen atoms in total. The van der Waals surface area contributed by atoms with Crippen LogP contribution in [-0.4, -0.2) is 11.8 Å². The summed E-state index contributed by atoms with van der Waals surface area (Å²) in [6, 6.07) is 30.7. The van der Waals surface area contributed by atoms with Crippen LogP contribution >= 0.6 is 11.8 Å². The van der Waals surface area contributed by atoms with Crippen LogP contribution in [0.25, 0.3) is 6.08 Å². The minimum Gasteiger partial charge on any atom is -0.321 e. The van der Waals surface area contributed by atoms with E-state index in [1.165, 1.54) is 23.4 Å². The molecule has 0 spiro atoms. The molecule has 0 saturated heterocycles. The maximum Gasteiger partial charge on any atom is 0.272 e. The first kappa shape index (κ1) is 26.9. The zero-order valence-corrected chi connectivity index (χ0v) is 22.1. The van der Waals surface area contributed by atoms with E-state index in [4.69, 9.17) is 0 Å². The molecule has 0 fully saturated rings. The Balaban J connectivity index is 1.48. The van der Waals surface area contributed by atoms with Crippen molar-refractivity contribution in [1.29, 1.82) is 0 Å². The number of benzene rings is 4. The number of thioether (sulfide) groups is 1. The standard InChI is InChI=1S/C32H29FN2O2S/c1-22(2)24-14-12-23(13-15-24)20-30(35-31(36)25-8-4-3-5-9-25)32(37)34-27-16-18-28(19-17-27)38-21-26-10-6-7-11-29(26)33/h3-20,22H,21H2,1-2H3,(H,34,37)(H,35,36)/b30-20-. The maximum absolute atomic E-state index is 13.9. The Morgan fingerprint density at radius 1 is 0.842 bits per heavy atom. The van der Waals surface area contributed by atoms with Crippen LogP contribution in [0.5, 0.6) is 0 Å². The summed E-state index contributed by atoms with van der Waals surface area (Å²) in [5.41, 5.74) is 3.80. The summed E-state index contributed by atoms with van der Waals surface area (Å²) in [5, 5.41) is 5.63. The average molecular weight is 525 g/mol. The molecule has 4 aromatic carbocycles. The molecule has 0 unspecified atom stereocenters. The molecule has 0 aromatic heterocycles. The molecule has 0 atom stereocenters. The number of hydrogen-bond donors (Lipinski definition) is 2. The van der Waals surface area contributed by atoms with E-state index in [2.05, 4.69) is 24.5 Å². The number of amides is 2. The number of carbonyl (C=O) groups is 2. The van der Waals surface area contributed by atoms with Crippen molar-refractivity contribution in [3.8, 4) is 0 Å². The number of anilines is 1. The Bertz CT molecular complexity index is 1420. The summed E-state index contributed by atoms with van der Waals surface area (Å²) in [4.78, 5) is 27.0. The number of halogens is 1. The van der Waals surface area contributed by atoms with Gasteiger partial charge in [0.2, 0.25) is 0 Å². The predicted molar refractivity (Wildman–Crippen MR) is 153 cm³/mol. The molecule has 0 bridgehead atoms. The largest absolute Gasteiger partial charge is 0.321 e. The lowest BCUT2D eigenvalue weighted by atomic mass is 10.0. The molecule has 4 rings (SSSR count). The Labute approximate surface area is 227 Å². The molecule has 0 aliphatic rings. The van der Waals surface area contributed by atoms with Crippen molar-refractivity contribution in [2.24, 2.45) is 0 Å². The third-order valence-electron chi connectivity index (χ3n) is 5.91. The van der Waals surface area contributed by atoms with E-state index in [1.807, 2.05) is 48.5 Å². The van der Waals surface area contributed by atoms with Gasteiger partial charge in [0.15, 0.2) is 0 Å². The van der Waals surface area contributed by atoms with Gasteiger partial charge >= 0.3 is 0 Å². The van der Waals surface area contributed by atoms with Gasteiger partial charge in [-0.15, -0.1) is 11.8 Å². The van der Waals surface area contributed by atoms with Crippen LogP contribution in [0, 0.1) is 5.82 Å². The van der Waals surface area contributed by atoms with Crippen molar-refractivity contribution in [3.05, 3.63) is 137 Å². The molecule has 38 heavy (non-hydrogen) atoms. The SMILES string of the molecule is CC(C)c1ccc(/C=C(\NC(=O)c2ccccc2)C(=O)Nc2ccc(SCc3ccccc3F)cc2)cc1. The molecule has 0 saturated carbocycles. The van der Waals surface area contributed by atoms with Gasteiger partial charge in [0.25, 0.3) is 11.8 Å². The fourth-order valence-electron chi connectivity index (χ4n) is 3.70. The van der Waals surface area contributed by atoms with Crippen LogP contribution in [-0.2, 0) is 10.5 Å². The molecule has 0 aliphatic heterocycles. The van der Waals surface area contributed by atoms with E-state index in [9.17, 15) is 14.0 Å². The van der Waals surface area contributed by atoms with Crippen molar-refractivity contribution >= 4 is 35.3 Å². The van der Waals surface area contributed by atoms with Gasteiger partial charge in [-0.05, 0) is 71.1 Å². The minimum absolute atomic E-state index is 0.133. The second-order valence-corrected chi connectivity index (χ2v) is 10.1. The lowest BCUT2D eigenvalue weighted by Crippen LogP contribution is -2.30. The summed E-state index contributed by atoms with van der Waals surface area (Å²) in [7, 11) is 0. The van der Waals surface area contributed by atoms with Gasteiger partial charge in [0, 0.05) is 21.9 Å². The van der Waals surface area contributed by atoms with Crippen LogP contribution in [0.1, 0.15) is 46.8 Å². The van der Waals surface area contributed by atoms with E-state index in [0.29, 0.717) is 28.5 Å². The van der Waals surface area contributed by atoms with Crippen LogP contribution in [0.2, 0.25) is 0 Å². The van der Waals surface area contributed by atoms with Crippen LogP contribution in [0.4, 0.5) is 10.1 Å². The zero-order chi connectivity index (χ0) is 26.9. The summed E-state index contributed by atoms with van der Waals surface area (Å²) in [5.74, 6) is -0.132. The number of hydrogen-bond acceptors (Lipinski definition) is 3. The monoisotopic (exact) mass is 524 g/mol. The van der Waals surface area contributed by atoms with Gasteiger partial charge in [-0.1, -0.05) is 74.5 Å². The van der Waals surface area contributed by atoms with Crippen molar-refractivity contribution in [3.63, 3.8) is 0 Å². The van der Waals surface area contributed by atoms with Crippen LogP contribution < -0.4 is 10.6 Å². The molecule has 0 heterocycles.